The zero-order chi connectivity index (χ0) is 13.8. The summed E-state index contributed by atoms with van der Waals surface area (Å²) in [7, 11) is 3.43. The van der Waals surface area contributed by atoms with Gasteiger partial charge in [-0.05, 0) is 30.9 Å². The van der Waals surface area contributed by atoms with Crippen LogP contribution in [-0.2, 0) is 4.79 Å². The standard InChI is InChI=1S/C13H20N4O2/c1-17(2)12(18)7-15-11-6-5-10(14)13(16-11)19-8-9-3-4-9/h5-6,9H,3-4,7-8,14H2,1-2H3,(H,15,16). The Morgan fingerprint density at radius 3 is 2.89 bits per heavy atom. The van der Waals surface area contributed by atoms with Crippen LogP contribution in [0.5, 0.6) is 5.88 Å². The number of amides is 1. The van der Waals surface area contributed by atoms with Crippen LogP contribution in [0.4, 0.5) is 11.5 Å². The Hall–Kier alpha value is -1.98. The highest BCUT2D eigenvalue weighted by molar-refractivity contribution is 5.80. The molecule has 0 aliphatic heterocycles. The maximum absolute atomic E-state index is 11.5. The number of anilines is 2. The van der Waals surface area contributed by atoms with Crippen LogP contribution in [0.25, 0.3) is 0 Å². The molecule has 104 valence electrons. The SMILES string of the molecule is CN(C)C(=O)CNc1ccc(N)c(OCC2CC2)n1. The van der Waals surface area contributed by atoms with Crippen molar-refractivity contribution >= 4 is 17.4 Å². The molecule has 2 rings (SSSR count). The summed E-state index contributed by atoms with van der Waals surface area (Å²) in [5, 5.41) is 2.96. The van der Waals surface area contributed by atoms with Crippen LogP contribution < -0.4 is 15.8 Å². The molecule has 1 aromatic rings. The summed E-state index contributed by atoms with van der Waals surface area (Å²) in [6.07, 6.45) is 2.43. The van der Waals surface area contributed by atoms with Crippen molar-refractivity contribution in [3.63, 3.8) is 0 Å². The highest BCUT2D eigenvalue weighted by atomic mass is 16.5. The van der Waals surface area contributed by atoms with Crippen LogP contribution in [0.1, 0.15) is 12.8 Å². The van der Waals surface area contributed by atoms with Gasteiger partial charge in [0.2, 0.25) is 11.8 Å². The van der Waals surface area contributed by atoms with Crippen molar-refractivity contribution in [1.82, 2.24) is 9.88 Å². The number of hydrogen-bond donors (Lipinski definition) is 2. The quantitative estimate of drug-likeness (QED) is 0.799. The Bertz CT molecular complexity index is 458. The van der Waals surface area contributed by atoms with Gasteiger partial charge in [-0.25, -0.2) is 0 Å². The van der Waals surface area contributed by atoms with E-state index < -0.39 is 0 Å². The molecule has 0 bridgehead atoms. The van der Waals surface area contributed by atoms with Crippen molar-refractivity contribution in [1.29, 1.82) is 0 Å². The monoisotopic (exact) mass is 264 g/mol. The molecule has 1 heterocycles. The first-order valence-electron chi connectivity index (χ1n) is 6.39. The molecule has 0 radical (unpaired) electrons. The minimum atomic E-state index is -0.0147. The van der Waals surface area contributed by atoms with Gasteiger partial charge >= 0.3 is 0 Å². The number of nitrogens with two attached hydrogens (primary N) is 1. The molecule has 1 aliphatic carbocycles. The molecular formula is C13H20N4O2. The molecule has 1 saturated carbocycles. The van der Waals surface area contributed by atoms with E-state index in [2.05, 4.69) is 10.3 Å². The van der Waals surface area contributed by atoms with E-state index in [1.807, 2.05) is 0 Å². The third-order valence-electron chi connectivity index (χ3n) is 2.96. The molecule has 6 nitrogen and oxygen atoms in total. The number of pyridine rings is 1. The number of carbonyl (C=O) groups excluding carboxylic acids is 1. The molecule has 1 aliphatic rings. The number of nitrogen functional groups attached to an aromatic ring is 1. The summed E-state index contributed by atoms with van der Waals surface area (Å²) < 4.78 is 5.58. The molecule has 0 saturated heterocycles. The fourth-order valence-electron chi connectivity index (χ4n) is 1.47. The third kappa shape index (κ3) is 4.01. The van der Waals surface area contributed by atoms with E-state index in [1.165, 1.54) is 17.7 Å². The lowest BCUT2D eigenvalue weighted by Crippen LogP contribution is -2.28. The lowest BCUT2D eigenvalue weighted by Gasteiger charge is -2.13. The number of aromatic nitrogens is 1. The Kier molecular flexibility index (Phi) is 4.09. The van der Waals surface area contributed by atoms with Gasteiger partial charge in [-0.2, -0.15) is 4.98 Å². The summed E-state index contributed by atoms with van der Waals surface area (Å²) >= 11 is 0. The van der Waals surface area contributed by atoms with Gasteiger partial charge < -0.3 is 20.7 Å². The van der Waals surface area contributed by atoms with Gasteiger partial charge in [0.15, 0.2) is 0 Å². The molecule has 1 amide bonds. The van der Waals surface area contributed by atoms with Crippen molar-refractivity contribution in [2.75, 3.05) is 38.3 Å². The van der Waals surface area contributed by atoms with E-state index in [9.17, 15) is 4.79 Å². The van der Waals surface area contributed by atoms with E-state index in [1.54, 1.807) is 26.2 Å². The predicted molar refractivity (Wildman–Crippen MR) is 74.1 cm³/mol. The van der Waals surface area contributed by atoms with Crippen molar-refractivity contribution in [2.45, 2.75) is 12.8 Å². The van der Waals surface area contributed by atoms with Gasteiger partial charge in [-0.1, -0.05) is 0 Å². The maximum Gasteiger partial charge on any atom is 0.241 e. The van der Waals surface area contributed by atoms with E-state index >= 15 is 0 Å². The lowest BCUT2D eigenvalue weighted by molar-refractivity contribution is -0.126. The lowest BCUT2D eigenvalue weighted by atomic mass is 10.4. The second-order valence-corrected chi connectivity index (χ2v) is 4.99. The largest absolute Gasteiger partial charge is 0.476 e. The Balaban J connectivity index is 1.92. The molecule has 0 spiro atoms. The molecule has 1 aromatic heterocycles. The molecule has 3 N–H and O–H groups in total. The second-order valence-electron chi connectivity index (χ2n) is 4.99. The zero-order valence-corrected chi connectivity index (χ0v) is 11.3. The summed E-state index contributed by atoms with van der Waals surface area (Å²) in [6, 6.07) is 3.47. The molecule has 0 unspecified atom stereocenters. The number of likely N-dealkylation sites (N-methyl/N-ethyl adjacent to an activating group) is 1. The zero-order valence-electron chi connectivity index (χ0n) is 11.3. The predicted octanol–water partition coefficient (Wildman–Crippen LogP) is 0.953. The first kappa shape index (κ1) is 13.5. The number of ether oxygens (including phenoxy) is 1. The average molecular weight is 264 g/mol. The second kappa shape index (κ2) is 5.77. The number of nitrogens with one attached hydrogen (secondary N) is 1. The number of carbonyl (C=O) groups is 1. The molecule has 19 heavy (non-hydrogen) atoms. The first-order chi connectivity index (χ1) is 9.06. The normalized spacial score (nSPS) is 14.0. The van der Waals surface area contributed by atoms with Gasteiger partial charge in [0.25, 0.3) is 0 Å². The minimum absolute atomic E-state index is 0.0147. The Morgan fingerprint density at radius 2 is 2.26 bits per heavy atom. The number of hydrogen-bond acceptors (Lipinski definition) is 5. The number of rotatable bonds is 6. The van der Waals surface area contributed by atoms with Gasteiger partial charge in [-0.15, -0.1) is 0 Å². The first-order valence-corrected chi connectivity index (χ1v) is 6.39. The molecule has 0 atom stereocenters. The molecule has 6 heteroatoms. The Labute approximate surface area is 112 Å². The van der Waals surface area contributed by atoms with E-state index in [0.29, 0.717) is 29.9 Å². The van der Waals surface area contributed by atoms with Gasteiger partial charge in [0.05, 0.1) is 18.8 Å². The number of nitrogens with zero attached hydrogens (tertiary/aromatic N) is 2. The Morgan fingerprint density at radius 1 is 1.53 bits per heavy atom. The van der Waals surface area contributed by atoms with Gasteiger partial charge in [0, 0.05) is 14.1 Å². The topological polar surface area (TPSA) is 80.5 Å². The molecular weight excluding hydrogens is 244 g/mol. The smallest absolute Gasteiger partial charge is 0.241 e. The van der Waals surface area contributed by atoms with Crippen molar-refractivity contribution in [2.24, 2.45) is 5.92 Å². The van der Waals surface area contributed by atoms with Crippen LogP contribution in [0.3, 0.4) is 0 Å². The summed E-state index contributed by atoms with van der Waals surface area (Å²) in [5.74, 6) is 1.66. The third-order valence-corrected chi connectivity index (χ3v) is 2.96. The fraction of sp³-hybridized carbons (Fsp3) is 0.538. The van der Waals surface area contributed by atoms with Crippen LogP contribution in [0.2, 0.25) is 0 Å². The van der Waals surface area contributed by atoms with Crippen LogP contribution >= 0.6 is 0 Å². The molecule has 0 aromatic carbocycles. The highest BCUT2D eigenvalue weighted by Gasteiger charge is 2.22. The van der Waals surface area contributed by atoms with Crippen molar-refractivity contribution in [3.05, 3.63) is 12.1 Å². The van der Waals surface area contributed by atoms with Crippen LogP contribution in [0, 0.1) is 5.92 Å². The van der Waals surface area contributed by atoms with E-state index in [0.717, 1.165) is 0 Å². The van der Waals surface area contributed by atoms with Gasteiger partial charge in [-0.3, -0.25) is 4.79 Å². The maximum atomic E-state index is 11.5. The highest BCUT2D eigenvalue weighted by Crippen LogP contribution is 2.30. The van der Waals surface area contributed by atoms with Gasteiger partial charge in [0.1, 0.15) is 5.82 Å². The van der Waals surface area contributed by atoms with E-state index in [4.69, 9.17) is 10.5 Å². The summed E-state index contributed by atoms with van der Waals surface area (Å²) in [5.41, 5.74) is 6.33. The minimum Gasteiger partial charge on any atom is -0.476 e. The van der Waals surface area contributed by atoms with Crippen molar-refractivity contribution < 1.29 is 9.53 Å². The van der Waals surface area contributed by atoms with Crippen LogP contribution in [0.15, 0.2) is 12.1 Å². The summed E-state index contributed by atoms with van der Waals surface area (Å²) in [6.45, 7) is 0.864. The average Bonchev–Trinajstić information content (AvgIpc) is 3.19. The summed E-state index contributed by atoms with van der Waals surface area (Å²) in [4.78, 5) is 17.3. The van der Waals surface area contributed by atoms with E-state index in [-0.39, 0.29) is 12.5 Å². The van der Waals surface area contributed by atoms with Crippen LogP contribution in [-0.4, -0.2) is 43.0 Å². The molecule has 1 fully saturated rings. The fourth-order valence-corrected chi connectivity index (χ4v) is 1.47. The van der Waals surface area contributed by atoms with Crippen molar-refractivity contribution in [3.8, 4) is 5.88 Å².